The summed E-state index contributed by atoms with van der Waals surface area (Å²) in [4.78, 5) is 15.0. The van der Waals surface area contributed by atoms with E-state index >= 15 is 0 Å². The first-order valence-corrected chi connectivity index (χ1v) is 7.73. The van der Waals surface area contributed by atoms with Gasteiger partial charge in [-0.05, 0) is 26.7 Å². The summed E-state index contributed by atoms with van der Waals surface area (Å²) < 4.78 is 5.48. The fourth-order valence-electron chi connectivity index (χ4n) is 3.15. The fraction of sp³-hybridized carbons (Fsp3) is 0.867. The largest absolute Gasteiger partial charge is 0.409 e. The second-order valence-electron chi connectivity index (χ2n) is 6.39. The van der Waals surface area contributed by atoms with Gasteiger partial charge >= 0.3 is 0 Å². The van der Waals surface area contributed by atoms with Crippen LogP contribution in [0.1, 0.15) is 53.4 Å². The SMILES string of the molecule is CCCC(CCC)(C(=O)N1CCOCC1(C)C)C(N)=NO. The summed E-state index contributed by atoms with van der Waals surface area (Å²) in [6, 6.07) is 0. The van der Waals surface area contributed by atoms with Gasteiger partial charge in [-0.15, -0.1) is 0 Å². The molecule has 0 aromatic heterocycles. The van der Waals surface area contributed by atoms with Crippen LogP contribution in [0.25, 0.3) is 0 Å². The first-order chi connectivity index (χ1) is 9.85. The van der Waals surface area contributed by atoms with E-state index in [0.29, 0.717) is 32.6 Å². The Morgan fingerprint density at radius 2 is 1.95 bits per heavy atom. The molecule has 0 bridgehead atoms. The second-order valence-corrected chi connectivity index (χ2v) is 6.39. The number of hydrogen-bond acceptors (Lipinski definition) is 4. The van der Waals surface area contributed by atoms with Gasteiger partial charge in [0, 0.05) is 6.54 Å². The van der Waals surface area contributed by atoms with Gasteiger partial charge in [0.2, 0.25) is 5.91 Å². The van der Waals surface area contributed by atoms with E-state index in [9.17, 15) is 4.79 Å². The number of rotatable bonds is 6. The molecule has 3 N–H and O–H groups in total. The number of ether oxygens (including phenoxy) is 1. The molecule has 0 spiro atoms. The zero-order valence-corrected chi connectivity index (χ0v) is 13.7. The minimum atomic E-state index is -0.910. The van der Waals surface area contributed by atoms with Crippen molar-refractivity contribution in [2.75, 3.05) is 19.8 Å². The molecule has 0 saturated carbocycles. The van der Waals surface area contributed by atoms with Crippen molar-refractivity contribution in [2.24, 2.45) is 16.3 Å². The van der Waals surface area contributed by atoms with Gasteiger partial charge in [0.05, 0.1) is 18.8 Å². The van der Waals surface area contributed by atoms with Gasteiger partial charge in [0.1, 0.15) is 5.41 Å². The molecule has 1 saturated heterocycles. The van der Waals surface area contributed by atoms with Crippen molar-refractivity contribution in [2.45, 2.75) is 58.9 Å². The van der Waals surface area contributed by atoms with E-state index < -0.39 is 5.41 Å². The Labute approximate surface area is 127 Å². The van der Waals surface area contributed by atoms with Gasteiger partial charge in [0.25, 0.3) is 0 Å². The van der Waals surface area contributed by atoms with Crippen LogP contribution in [0.15, 0.2) is 5.16 Å². The topological polar surface area (TPSA) is 88.2 Å². The molecule has 0 unspecified atom stereocenters. The molecule has 0 aromatic carbocycles. The summed E-state index contributed by atoms with van der Waals surface area (Å²) in [5.74, 6) is -0.0201. The Bertz CT molecular complexity index is 388. The minimum Gasteiger partial charge on any atom is -0.409 e. The Morgan fingerprint density at radius 3 is 2.38 bits per heavy atom. The van der Waals surface area contributed by atoms with Gasteiger partial charge in [0.15, 0.2) is 5.84 Å². The third-order valence-corrected chi connectivity index (χ3v) is 4.25. The molecule has 0 radical (unpaired) electrons. The van der Waals surface area contributed by atoms with Gasteiger partial charge in [-0.2, -0.15) is 0 Å². The summed E-state index contributed by atoms with van der Waals surface area (Å²) in [6.45, 7) is 9.56. The highest BCUT2D eigenvalue weighted by Crippen LogP contribution is 2.35. The summed E-state index contributed by atoms with van der Waals surface area (Å²) in [6.07, 6.45) is 2.77. The number of morpholine rings is 1. The molecular weight excluding hydrogens is 270 g/mol. The maximum atomic E-state index is 13.2. The van der Waals surface area contributed by atoms with Gasteiger partial charge in [-0.3, -0.25) is 4.79 Å². The summed E-state index contributed by atoms with van der Waals surface area (Å²) in [5, 5.41) is 12.3. The zero-order chi connectivity index (χ0) is 16.1. The Balaban J connectivity index is 3.20. The van der Waals surface area contributed by atoms with Crippen LogP contribution in [0, 0.1) is 5.41 Å². The van der Waals surface area contributed by atoms with Gasteiger partial charge in [-0.25, -0.2) is 0 Å². The molecule has 1 heterocycles. The van der Waals surface area contributed by atoms with Crippen molar-refractivity contribution in [1.29, 1.82) is 0 Å². The lowest BCUT2D eigenvalue weighted by molar-refractivity contribution is -0.154. The molecule has 1 rings (SSSR count). The van der Waals surface area contributed by atoms with Crippen LogP contribution in [0.5, 0.6) is 0 Å². The first-order valence-electron chi connectivity index (χ1n) is 7.73. The molecule has 6 heteroatoms. The molecule has 6 nitrogen and oxygen atoms in total. The maximum Gasteiger partial charge on any atom is 0.237 e. The third kappa shape index (κ3) is 3.48. The summed E-state index contributed by atoms with van der Waals surface area (Å²) in [5.41, 5.74) is 4.65. The highest BCUT2D eigenvalue weighted by molar-refractivity contribution is 6.07. The molecule has 1 aliphatic heterocycles. The van der Waals surface area contributed by atoms with Crippen molar-refractivity contribution < 1.29 is 14.7 Å². The number of carbonyl (C=O) groups is 1. The highest BCUT2D eigenvalue weighted by atomic mass is 16.5. The predicted octanol–water partition coefficient (Wildman–Crippen LogP) is 1.96. The maximum absolute atomic E-state index is 13.2. The monoisotopic (exact) mass is 299 g/mol. The molecule has 0 atom stereocenters. The molecule has 1 aliphatic rings. The summed E-state index contributed by atoms with van der Waals surface area (Å²) in [7, 11) is 0. The summed E-state index contributed by atoms with van der Waals surface area (Å²) >= 11 is 0. The highest BCUT2D eigenvalue weighted by Gasteiger charge is 2.48. The molecule has 0 aromatic rings. The van der Waals surface area contributed by atoms with Crippen LogP contribution in [0.4, 0.5) is 0 Å². The average Bonchev–Trinajstić information content (AvgIpc) is 2.45. The van der Waals surface area contributed by atoms with Gasteiger partial charge < -0.3 is 20.6 Å². The van der Waals surface area contributed by atoms with E-state index in [1.165, 1.54) is 0 Å². The normalized spacial score (nSPS) is 19.6. The van der Waals surface area contributed by atoms with E-state index in [1.807, 2.05) is 32.6 Å². The van der Waals surface area contributed by atoms with Crippen LogP contribution in [0.2, 0.25) is 0 Å². The molecular formula is C15H29N3O3. The lowest BCUT2D eigenvalue weighted by Crippen LogP contribution is -2.61. The standard InChI is InChI=1S/C15H29N3O3/c1-5-7-15(8-6-2,12(16)17-20)13(19)18-9-10-21-11-14(18,3)4/h20H,5-11H2,1-4H3,(H2,16,17). The number of hydrogen-bond donors (Lipinski definition) is 2. The smallest absolute Gasteiger partial charge is 0.237 e. The number of nitrogens with zero attached hydrogens (tertiary/aromatic N) is 2. The van der Waals surface area contributed by atoms with Gasteiger partial charge in [-0.1, -0.05) is 31.8 Å². The van der Waals surface area contributed by atoms with E-state index in [2.05, 4.69) is 5.16 Å². The second kappa shape index (κ2) is 7.11. The molecule has 0 aliphatic carbocycles. The van der Waals surface area contributed by atoms with E-state index in [0.717, 1.165) is 12.8 Å². The molecule has 1 amide bonds. The number of carbonyl (C=O) groups excluding carboxylic acids is 1. The van der Waals surface area contributed by atoms with Crippen molar-refractivity contribution in [3.63, 3.8) is 0 Å². The Kier molecular flexibility index (Phi) is 6.01. The lowest BCUT2D eigenvalue weighted by Gasteiger charge is -2.46. The van der Waals surface area contributed by atoms with Crippen LogP contribution in [0.3, 0.4) is 0 Å². The van der Waals surface area contributed by atoms with Crippen LogP contribution in [-0.4, -0.2) is 47.1 Å². The molecule has 1 fully saturated rings. The lowest BCUT2D eigenvalue weighted by atomic mass is 9.75. The van der Waals surface area contributed by atoms with Crippen LogP contribution in [-0.2, 0) is 9.53 Å². The average molecular weight is 299 g/mol. The zero-order valence-electron chi connectivity index (χ0n) is 13.7. The van der Waals surface area contributed by atoms with Crippen LogP contribution < -0.4 is 5.73 Å². The van der Waals surface area contributed by atoms with E-state index in [4.69, 9.17) is 15.7 Å². The molecule has 21 heavy (non-hydrogen) atoms. The minimum absolute atomic E-state index is 0.0264. The first kappa shape index (κ1) is 17.8. The van der Waals surface area contributed by atoms with Crippen LogP contribution >= 0.6 is 0 Å². The predicted molar refractivity (Wildman–Crippen MR) is 82.3 cm³/mol. The number of nitrogens with two attached hydrogens (primary N) is 1. The quantitative estimate of drug-likeness (QED) is 0.339. The Hall–Kier alpha value is -1.30. The third-order valence-electron chi connectivity index (χ3n) is 4.25. The van der Waals surface area contributed by atoms with Crippen molar-refractivity contribution in [3.8, 4) is 0 Å². The number of amides is 1. The number of oxime groups is 1. The van der Waals surface area contributed by atoms with Crippen molar-refractivity contribution >= 4 is 11.7 Å². The van der Waals surface area contributed by atoms with E-state index in [1.54, 1.807) is 0 Å². The van der Waals surface area contributed by atoms with E-state index in [-0.39, 0.29) is 17.3 Å². The van der Waals surface area contributed by atoms with Crippen molar-refractivity contribution in [1.82, 2.24) is 4.90 Å². The Morgan fingerprint density at radius 1 is 1.38 bits per heavy atom. The number of amidine groups is 1. The molecule has 122 valence electrons. The van der Waals surface area contributed by atoms with Crippen molar-refractivity contribution in [3.05, 3.63) is 0 Å². The fourth-order valence-corrected chi connectivity index (χ4v) is 3.15.